The maximum Gasteiger partial charge on any atom is 0.243 e. The van der Waals surface area contributed by atoms with E-state index in [2.05, 4.69) is 20.0 Å². The van der Waals surface area contributed by atoms with Crippen molar-refractivity contribution in [3.8, 4) is 0 Å². The van der Waals surface area contributed by atoms with Crippen LogP contribution in [0.15, 0.2) is 21.8 Å². The third-order valence-electron chi connectivity index (χ3n) is 2.19. The van der Waals surface area contributed by atoms with Crippen molar-refractivity contribution in [2.24, 2.45) is 7.05 Å². The van der Waals surface area contributed by atoms with Crippen LogP contribution in [0.3, 0.4) is 0 Å². The highest BCUT2D eigenvalue weighted by atomic mass is 32.2. The van der Waals surface area contributed by atoms with E-state index in [0.29, 0.717) is 18.1 Å². The molecule has 0 aliphatic carbocycles. The van der Waals surface area contributed by atoms with Crippen molar-refractivity contribution in [1.29, 1.82) is 0 Å². The summed E-state index contributed by atoms with van der Waals surface area (Å²) in [5, 5.41) is 7.43. The van der Waals surface area contributed by atoms with Gasteiger partial charge in [-0.1, -0.05) is 5.16 Å². The minimum Gasteiger partial charge on any atom is -0.339 e. The van der Waals surface area contributed by atoms with Gasteiger partial charge in [0.15, 0.2) is 5.82 Å². The van der Waals surface area contributed by atoms with Crippen molar-refractivity contribution >= 4 is 10.0 Å². The topological polar surface area (TPSA) is 103 Å². The third kappa shape index (κ3) is 2.93. The smallest absolute Gasteiger partial charge is 0.243 e. The average molecular weight is 271 g/mol. The van der Waals surface area contributed by atoms with Crippen LogP contribution in [0, 0.1) is 6.92 Å². The van der Waals surface area contributed by atoms with Gasteiger partial charge in [0.2, 0.25) is 15.9 Å². The van der Waals surface area contributed by atoms with E-state index in [-0.39, 0.29) is 11.4 Å². The summed E-state index contributed by atoms with van der Waals surface area (Å²) >= 11 is 0. The molecule has 0 aliphatic heterocycles. The molecule has 0 atom stereocenters. The minimum absolute atomic E-state index is 0.131. The molecule has 0 unspecified atom stereocenters. The molecule has 8 nitrogen and oxygen atoms in total. The third-order valence-corrected chi connectivity index (χ3v) is 3.61. The molecule has 18 heavy (non-hydrogen) atoms. The molecule has 0 radical (unpaired) electrons. The second kappa shape index (κ2) is 4.86. The Morgan fingerprint density at radius 3 is 2.83 bits per heavy atom. The predicted molar refractivity (Wildman–Crippen MR) is 61.1 cm³/mol. The van der Waals surface area contributed by atoms with Crippen LogP contribution in [-0.2, 0) is 23.5 Å². The second-order valence-electron chi connectivity index (χ2n) is 3.73. The highest BCUT2D eigenvalue weighted by Gasteiger charge is 2.15. The van der Waals surface area contributed by atoms with Crippen molar-refractivity contribution in [1.82, 2.24) is 24.6 Å². The summed E-state index contributed by atoms with van der Waals surface area (Å²) in [4.78, 5) is 4.11. The van der Waals surface area contributed by atoms with Gasteiger partial charge in [-0.3, -0.25) is 4.68 Å². The van der Waals surface area contributed by atoms with E-state index >= 15 is 0 Å². The fourth-order valence-corrected chi connectivity index (χ4v) is 2.37. The van der Waals surface area contributed by atoms with Gasteiger partial charge in [-0.25, -0.2) is 13.1 Å². The van der Waals surface area contributed by atoms with Crippen molar-refractivity contribution in [2.75, 3.05) is 6.54 Å². The van der Waals surface area contributed by atoms with E-state index in [1.165, 1.54) is 17.1 Å². The van der Waals surface area contributed by atoms with Crippen LogP contribution in [-0.4, -0.2) is 34.9 Å². The monoisotopic (exact) mass is 271 g/mol. The van der Waals surface area contributed by atoms with Gasteiger partial charge in [-0.2, -0.15) is 10.1 Å². The maximum absolute atomic E-state index is 11.8. The number of sulfonamides is 1. The van der Waals surface area contributed by atoms with E-state index in [0.717, 1.165) is 0 Å². The standard InChI is InChI=1S/C9H13N5O3S/c1-7-12-9(17-13-7)3-4-11-18(15,16)8-5-10-14(2)6-8/h5-6,11H,3-4H2,1-2H3. The summed E-state index contributed by atoms with van der Waals surface area (Å²) in [6.07, 6.45) is 3.07. The Morgan fingerprint density at radius 2 is 2.28 bits per heavy atom. The lowest BCUT2D eigenvalue weighted by Gasteiger charge is -2.01. The van der Waals surface area contributed by atoms with Crippen molar-refractivity contribution in [3.63, 3.8) is 0 Å². The Labute approximate surface area is 104 Å². The molecule has 98 valence electrons. The molecule has 2 aromatic rings. The Bertz CT molecular complexity index is 630. The summed E-state index contributed by atoms with van der Waals surface area (Å²) in [5.74, 6) is 0.932. The van der Waals surface area contributed by atoms with Crippen molar-refractivity contribution in [3.05, 3.63) is 24.1 Å². The first-order chi connectivity index (χ1) is 8.47. The molecule has 0 fully saturated rings. The largest absolute Gasteiger partial charge is 0.339 e. The number of rotatable bonds is 5. The summed E-state index contributed by atoms with van der Waals surface area (Å²) < 4.78 is 32.4. The number of nitrogens with one attached hydrogen (secondary N) is 1. The van der Waals surface area contributed by atoms with Gasteiger partial charge in [-0.05, 0) is 6.92 Å². The van der Waals surface area contributed by atoms with E-state index in [9.17, 15) is 8.42 Å². The zero-order valence-electron chi connectivity index (χ0n) is 9.99. The Hall–Kier alpha value is -1.74. The van der Waals surface area contributed by atoms with Gasteiger partial charge in [0.25, 0.3) is 0 Å². The summed E-state index contributed by atoms with van der Waals surface area (Å²) in [6.45, 7) is 1.89. The molecule has 0 aromatic carbocycles. The van der Waals surface area contributed by atoms with Crippen LogP contribution < -0.4 is 4.72 Å². The number of hydrogen-bond acceptors (Lipinski definition) is 6. The fourth-order valence-electron chi connectivity index (χ4n) is 1.35. The highest BCUT2D eigenvalue weighted by Crippen LogP contribution is 2.05. The maximum atomic E-state index is 11.8. The predicted octanol–water partition coefficient (Wildman–Crippen LogP) is -0.367. The summed E-state index contributed by atoms with van der Waals surface area (Å²) in [7, 11) is -1.87. The molecule has 2 heterocycles. The van der Waals surface area contributed by atoms with Crippen LogP contribution in [0.2, 0.25) is 0 Å². The molecule has 0 amide bonds. The lowest BCUT2D eigenvalue weighted by Crippen LogP contribution is -2.25. The lowest BCUT2D eigenvalue weighted by atomic mass is 10.4. The van der Waals surface area contributed by atoms with E-state index in [1.54, 1.807) is 14.0 Å². The van der Waals surface area contributed by atoms with Crippen molar-refractivity contribution in [2.45, 2.75) is 18.2 Å². The summed E-state index contributed by atoms with van der Waals surface area (Å²) in [6, 6.07) is 0. The Morgan fingerprint density at radius 1 is 1.50 bits per heavy atom. The Kier molecular flexibility index (Phi) is 3.43. The molecule has 9 heteroatoms. The van der Waals surface area contributed by atoms with Crippen LogP contribution in [0.1, 0.15) is 11.7 Å². The van der Waals surface area contributed by atoms with Crippen molar-refractivity contribution < 1.29 is 12.9 Å². The van der Waals surface area contributed by atoms with E-state index in [4.69, 9.17) is 4.52 Å². The first kappa shape index (κ1) is 12.7. The van der Waals surface area contributed by atoms with Gasteiger partial charge in [0.05, 0.1) is 6.20 Å². The molecule has 0 spiro atoms. The average Bonchev–Trinajstić information content (AvgIpc) is 2.88. The second-order valence-corrected chi connectivity index (χ2v) is 5.50. The van der Waals surface area contributed by atoms with Gasteiger partial charge in [0.1, 0.15) is 4.90 Å². The molecular weight excluding hydrogens is 258 g/mol. The SMILES string of the molecule is Cc1noc(CCNS(=O)(=O)c2cnn(C)c2)n1. The van der Waals surface area contributed by atoms with Crippen LogP contribution >= 0.6 is 0 Å². The van der Waals surface area contributed by atoms with Gasteiger partial charge in [0, 0.05) is 26.2 Å². The Balaban J connectivity index is 1.93. The summed E-state index contributed by atoms with van der Waals surface area (Å²) in [5.41, 5.74) is 0. The number of hydrogen-bond donors (Lipinski definition) is 1. The molecule has 2 aromatic heterocycles. The molecule has 0 bridgehead atoms. The van der Waals surface area contributed by atoms with Gasteiger partial charge >= 0.3 is 0 Å². The zero-order valence-corrected chi connectivity index (χ0v) is 10.8. The number of nitrogens with zero attached hydrogens (tertiary/aromatic N) is 4. The molecule has 0 aliphatic rings. The fraction of sp³-hybridized carbons (Fsp3) is 0.444. The first-order valence-corrected chi connectivity index (χ1v) is 6.73. The van der Waals surface area contributed by atoms with Crippen LogP contribution in [0.5, 0.6) is 0 Å². The van der Waals surface area contributed by atoms with Crippen LogP contribution in [0.25, 0.3) is 0 Å². The number of aryl methyl sites for hydroxylation is 2. The normalized spacial score (nSPS) is 11.9. The van der Waals surface area contributed by atoms with Crippen LogP contribution in [0.4, 0.5) is 0 Å². The molecule has 0 saturated heterocycles. The first-order valence-electron chi connectivity index (χ1n) is 5.25. The highest BCUT2D eigenvalue weighted by molar-refractivity contribution is 7.89. The van der Waals surface area contributed by atoms with Gasteiger partial charge in [-0.15, -0.1) is 0 Å². The van der Waals surface area contributed by atoms with E-state index < -0.39 is 10.0 Å². The zero-order chi connectivity index (χ0) is 13.2. The lowest BCUT2D eigenvalue weighted by molar-refractivity contribution is 0.375. The quantitative estimate of drug-likeness (QED) is 0.796. The number of aromatic nitrogens is 4. The molecule has 2 rings (SSSR count). The molecular formula is C9H13N5O3S. The van der Waals surface area contributed by atoms with Gasteiger partial charge < -0.3 is 4.52 Å². The van der Waals surface area contributed by atoms with E-state index in [1.807, 2.05) is 0 Å². The minimum atomic E-state index is -3.53. The molecule has 1 N–H and O–H groups in total. The molecule has 0 saturated carbocycles.